The predicted molar refractivity (Wildman–Crippen MR) is 68.0 cm³/mol. The molecule has 0 aliphatic carbocycles. The van der Waals surface area contributed by atoms with Gasteiger partial charge in [-0.2, -0.15) is 11.8 Å². The third kappa shape index (κ3) is 3.60. The van der Waals surface area contributed by atoms with Gasteiger partial charge in [-0.3, -0.25) is 0 Å². The standard InChI is InChI=1S/C10H13Cl2NS/c1-2-14-7-6-13-10-8(11)4-3-5-9(10)12/h3-5,13H,2,6-7H2,1H3. The van der Waals surface area contributed by atoms with Gasteiger partial charge in [-0.25, -0.2) is 0 Å². The van der Waals surface area contributed by atoms with Crippen molar-refractivity contribution in [1.82, 2.24) is 0 Å². The summed E-state index contributed by atoms with van der Waals surface area (Å²) in [5.41, 5.74) is 0.840. The average molecular weight is 250 g/mol. The Kier molecular flexibility index (Phi) is 5.53. The first-order valence-corrected chi connectivity index (χ1v) is 6.42. The first kappa shape index (κ1) is 12.0. The third-order valence-corrected chi connectivity index (χ3v) is 3.25. The van der Waals surface area contributed by atoms with Crippen molar-refractivity contribution in [1.29, 1.82) is 0 Å². The Morgan fingerprint density at radius 3 is 2.50 bits per heavy atom. The summed E-state index contributed by atoms with van der Waals surface area (Å²) >= 11 is 13.9. The molecule has 0 aliphatic rings. The zero-order chi connectivity index (χ0) is 10.4. The Hall–Kier alpha value is -0.0500. The lowest BCUT2D eigenvalue weighted by molar-refractivity contribution is 1.23. The second kappa shape index (κ2) is 6.44. The number of hydrogen-bond acceptors (Lipinski definition) is 2. The number of nitrogens with one attached hydrogen (secondary N) is 1. The van der Waals surface area contributed by atoms with Crippen LogP contribution in [-0.4, -0.2) is 18.1 Å². The van der Waals surface area contributed by atoms with Gasteiger partial charge < -0.3 is 5.32 Å². The largest absolute Gasteiger partial charge is 0.382 e. The van der Waals surface area contributed by atoms with E-state index in [2.05, 4.69) is 12.2 Å². The molecule has 1 rings (SSSR count). The van der Waals surface area contributed by atoms with E-state index in [0.29, 0.717) is 10.0 Å². The summed E-state index contributed by atoms with van der Waals surface area (Å²) in [4.78, 5) is 0. The molecule has 0 heterocycles. The lowest BCUT2D eigenvalue weighted by Gasteiger charge is -2.09. The van der Waals surface area contributed by atoms with Crippen molar-refractivity contribution in [3.05, 3.63) is 28.2 Å². The number of para-hydroxylation sites is 1. The number of thioether (sulfide) groups is 1. The summed E-state index contributed by atoms with van der Waals surface area (Å²) in [5, 5.41) is 4.59. The van der Waals surface area contributed by atoms with Crippen LogP contribution in [0.3, 0.4) is 0 Å². The molecule has 14 heavy (non-hydrogen) atoms. The third-order valence-electron chi connectivity index (χ3n) is 1.72. The van der Waals surface area contributed by atoms with Crippen molar-refractivity contribution >= 4 is 40.7 Å². The minimum absolute atomic E-state index is 0.680. The molecule has 1 aromatic rings. The van der Waals surface area contributed by atoms with Gasteiger partial charge >= 0.3 is 0 Å². The van der Waals surface area contributed by atoms with E-state index in [9.17, 15) is 0 Å². The number of anilines is 1. The lowest BCUT2D eigenvalue weighted by Crippen LogP contribution is -2.05. The van der Waals surface area contributed by atoms with Crippen LogP contribution >= 0.6 is 35.0 Å². The molecular formula is C10H13Cl2NS. The molecule has 0 saturated heterocycles. The molecule has 1 aromatic carbocycles. The fourth-order valence-electron chi connectivity index (χ4n) is 1.06. The number of halogens is 2. The van der Waals surface area contributed by atoms with Crippen molar-refractivity contribution in [2.45, 2.75) is 6.92 Å². The van der Waals surface area contributed by atoms with E-state index in [0.717, 1.165) is 23.7 Å². The van der Waals surface area contributed by atoms with Crippen LogP contribution in [0.4, 0.5) is 5.69 Å². The van der Waals surface area contributed by atoms with E-state index in [-0.39, 0.29) is 0 Å². The summed E-state index contributed by atoms with van der Waals surface area (Å²) in [6.07, 6.45) is 0. The monoisotopic (exact) mass is 249 g/mol. The summed E-state index contributed by atoms with van der Waals surface area (Å²) in [6.45, 7) is 3.04. The molecule has 4 heteroatoms. The number of benzene rings is 1. The van der Waals surface area contributed by atoms with Gasteiger partial charge in [0.2, 0.25) is 0 Å². The van der Waals surface area contributed by atoms with Gasteiger partial charge in [0.25, 0.3) is 0 Å². The number of rotatable bonds is 5. The SMILES string of the molecule is CCSCCNc1c(Cl)cccc1Cl. The van der Waals surface area contributed by atoms with Crippen LogP contribution in [0.2, 0.25) is 10.0 Å². The van der Waals surface area contributed by atoms with Crippen molar-refractivity contribution in [3.8, 4) is 0 Å². The van der Waals surface area contributed by atoms with Crippen molar-refractivity contribution in [2.75, 3.05) is 23.4 Å². The van der Waals surface area contributed by atoms with Gasteiger partial charge in [0, 0.05) is 12.3 Å². The molecule has 0 aliphatic heterocycles. The van der Waals surface area contributed by atoms with Gasteiger partial charge in [-0.1, -0.05) is 36.2 Å². The molecule has 0 saturated carbocycles. The Morgan fingerprint density at radius 2 is 1.93 bits per heavy atom. The van der Waals surface area contributed by atoms with Crippen molar-refractivity contribution < 1.29 is 0 Å². The zero-order valence-corrected chi connectivity index (χ0v) is 10.3. The first-order valence-electron chi connectivity index (χ1n) is 4.51. The van der Waals surface area contributed by atoms with Gasteiger partial charge in [0.1, 0.15) is 0 Å². The molecule has 0 aromatic heterocycles. The second-order valence-corrected chi connectivity index (χ2v) is 4.93. The molecule has 1 N–H and O–H groups in total. The molecule has 1 nitrogen and oxygen atoms in total. The van der Waals surface area contributed by atoms with Gasteiger partial charge in [-0.05, 0) is 17.9 Å². The fraction of sp³-hybridized carbons (Fsp3) is 0.400. The summed E-state index contributed by atoms with van der Waals surface area (Å²) in [5.74, 6) is 2.20. The minimum Gasteiger partial charge on any atom is -0.382 e. The maximum atomic E-state index is 5.99. The maximum Gasteiger partial charge on any atom is 0.0719 e. The molecule has 78 valence electrons. The quantitative estimate of drug-likeness (QED) is 0.787. The van der Waals surface area contributed by atoms with Gasteiger partial charge in [0.15, 0.2) is 0 Å². The Morgan fingerprint density at radius 1 is 1.29 bits per heavy atom. The predicted octanol–water partition coefficient (Wildman–Crippen LogP) is 4.16. The Bertz CT molecular complexity index is 271. The van der Waals surface area contributed by atoms with E-state index in [1.165, 1.54) is 0 Å². The highest BCUT2D eigenvalue weighted by Crippen LogP contribution is 2.29. The van der Waals surface area contributed by atoms with Crippen LogP contribution in [0.1, 0.15) is 6.92 Å². The highest BCUT2D eigenvalue weighted by molar-refractivity contribution is 7.99. The van der Waals surface area contributed by atoms with Crippen LogP contribution in [-0.2, 0) is 0 Å². The summed E-state index contributed by atoms with van der Waals surface area (Å²) < 4.78 is 0. The van der Waals surface area contributed by atoms with Crippen molar-refractivity contribution in [3.63, 3.8) is 0 Å². The number of hydrogen-bond donors (Lipinski definition) is 1. The smallest absolute Gasteiger partial charge is 0.0719 e. The van der Waals surface area contributed by atoms with Gasteiger partial charge in [0.05, 0.1) is 15.7 Å². The van der Waals surface area contributed by atoms with Crippen LogP contribution in [0.15, 0.2) is 18.2 Å². The fourth-order valence-corrected chi connectivity index (χ4v) is 2.13. The molecule has 0 bridgehead atoms. The van der Waals surface area contributed by atoms with Crippen LogP contribution in [0.5, 0.6) is 0 Å². The second-order valence-electron chi connectivity index (χ2n) is 2.72. The molecular weight excluding hydrogens is 237 g/mol. The normalized spacial score (nSPS) is 10.2. The van der Waals surface area contributed by atoms with E-state index < -0.39 is 0 Å². The zero-order valence-electron chi connectivity index (χ0n) is 8.02. The highest BCUT2D eigenvalue weighted by atomic mass is 35.5. The van der Waals surface area contributed by atoms with E-state index in [1.54, 1.807) is 0 Å². The van der Waals surface area contributed by atoms with Crippen LogP contribution in [0.25, 0.3) is 0 Å². The van der Waals surface area contributed by atoms with Crippen LogP contribution < -0.4 is 5.32 Å². The molecule has 0 radical (unpaired) electrons. The Labute approximate surface area is 99.2 Å². The Balaban J connectivity index is 2.49. The van der Waals surface area contributed by atoms with E-state index in [4.69, 9.17) is 23.2 Å². The topological polar surface area (TPSA) is 12.0 Å². The summed E-state index contributed by atoms with van der Waals surface area (Å²) in [7, 11) is 0. The molecule has 0 fully saturated rings. The minimum atomic E-state index is 0.680. The summed E-state index contributed by atoms with van der Waals surface area (Å²) in [6, 6.07) is 5.52. The molecule has 0 spiro atoms. The lowest BCUT2D eigenvalue weighted by atomic mass is 10.3. The van der Waals surface area contributed by atoms with E-state index >= 15 is 0 Å². The molecule has 0 atom stereocenters. The molecule has 0 unspecified atom stereocenters. The van der Waals surface area contributed by atoms with Crippen LogP contribution in [0, 0.1) is 0 Å². The highest BCUT2D eigenvalue weighted by Gasteiger charge is 2.03. The average Bonchev–Trinajstić information content (AvgIpc) is 2.16. The molecule has 0 amide bonds. The van der Waals surface area contributed by atoms with E-state index in [1.807, 2.05) is 30.0 Å². The van der Waals surface area contributed by atoms with Crippen molar-refractivity contribution in [2.24, 2.45) is 0 Å². The maximum absolute atomic E-state index is 5.99. The first-order chi connectivity index (χ1) is 6.75. The van der Waals surface area contributed by atoms with Gasteiger partial charge in [-0.15, -0.1) is 0 Å².